The Morgan fingerprint density at radius 2 is 1.78 bits per heavy atom. The lowest BCUT2D eigenvalue weighted by Crippen LogP contribution is -2.62. The molecule has 5 aliphatic rings. The van der Waals surface area contributed by atoms with Crippen molar-refractivity contribution >= 4 is 17.7 Å². The van der Waals surface area contributed by atoms with E-state index in [-0.39, 0.29) is 53.4 Å². The van der Waals surface area contributed by atoms with Crippen LogP contribution in [0, 0.1) is 34.5 Å². The number of carbonyl (C=O) groups is 1. The number of benzene rings is 2. The number of aliphatic hydroxyl groups is 1. The van der Waals surface area contributed by atoms with Gasteiger partial charge in [0.1, 0.15) is 35.8 Å². The third kappa shape index (κ3) is 7.31. The number of ether oxygens (including phenoxy) is 2. The van der Waals surface area contributed by atoms with E-state index in [9.17, 15) is 28.3 Å². The summed E-state index contributed by atoms with van der Waals surface area (Å²) in [6.45, 7) is 1.27. The molecule has 3 unspecified atom stereocenters. The first kappa shape index (κ1) is 33.1. The number of aromatic nitrogens is 2. The van der Waals surface area contributed by atoms with E-state index in [1.54, 1.807) is 6.07 Å². The number of halogens is 3. The van der Waals surface area contributed by atoms with Crippen LogP contribution >= 0.6 is 0 Å². The zero-order valence-corrected chi connectivity index (χ0v) is 26.9. The van der Waals surface area contributed by atoms with Crippen molar-refractivity contribution in [3.63, 3.8) is 0 Å². The van der Waals surface area contributed by atoms with Gasteiger partial charge >= 0.3 is 12.3 Å². The van der Waals surface area contributed by atoms with E-state index in [1.807, 2.05) is 30.3 Å². The SMILES string of the molecule is N#Cc1cnc(NCc2ccccc2OC(F)(F)F)nc1NCC12CC3C[C@H](C1)C(N1C[C@H](O)C[C@@H]1C(=O)OCc1ccccc1)[C@@H](C3)C2. The van der Waals surface area contributed by atoms with Crippen LogP contribution in [0.5, 0.6) is 5.75 Å². The molecule has 5 fully saturated rings. The van der Waals surface area contributed by atoms with E-state index in [0.29, 0.717) is 43.1 Å². The molecule has 0 spiro atoms. The molecule has 8 rings (SSSR count). The van der Waals surface area contributed by atoms with Crippen LogP contribution in [0.25, 0.3) is 0 Å². The normalized spacial score (nSPS) is 29.0. The Kier molecular flexibility index (Phi) is 9.11. The number of hydrogen-bond donors (Lipinski definition) is 3. The number of likely N-dealkylation sites (tertiary alicyclic amines) is 1. The van der Waals surface area contributed by atoms with Crippen LogP contribution < -0.4 is 15.4 Å². The summed E-state index contributed by atoms with van der Waals surface area (Å²) in [5, 5.41) is 26.9. The summed E-state index contributed by atoms with van der Waals surface area (Å²) in [6, 6.07) is 17.3. The van der Waals surface area contributed by atoms with Crippen molar-refractivity contribution in [3.8, 4) is 11.8 Å². The Morgan fingerprint density at radius 3 is 2.51 bits per heavy atom. The van der Waals surface area contributed by atoms with Crippen molar-refractivity contribution in [3.05, 3.63) is 77.5 Å². The molecule has 4 bridgehead atoms. The van der Waals surface area contributed by atoms with Gasteiger partial charge in [-0.3, -0.25) is 9.69 Å². The Labute approximate surface area is 282 Å². The van der Waals surface area contributed by atoms with Crippen molar-refractivity contribution in [2.75, 3.05) is 23.7 Å². The molecule has 0 amide bonds. The largest absolute Gasteiger partial charge is 0.573 e. The molecule has 49 heavy (non-hydrogen) atoms. The van der Waals surface area contributed by atoms with Gasteiger partial charge in [0.25, 0.3) is 0 Å². The molecule has 13 heteroatoms. The minimum Gasteiger partial charge on any atom is -0.460 e. The Balaban J connectivity index is 1.01. The van der Waals surface area contributed by atoms with Crippen LogP contribution in [-0.4, -0.2) is 63.6 Å². The van der Waals surface area contributed by atoms with Crippen molar-refractivity contribution in [2.45, 2.75) is 76.2 Å². The predicted octanol–water partition coefficient (Wildman–Crippen LogP) is 5.64. The number of esters is 1. The fourth-order valence-corrected chi connectivity index (χ4v) is 9.15. The topological polar surface area (TPSA) is 133 Å². The van der Waals surface area contributed by atoms with E-state index in [2.05, 4.69) is 36.3 Å². The molecule has 258 valence electrons. The van der Waals surface area contributed by atoms with E-state index in [1.165, 1.54) is 24.4 Å². The van der Waals surface area contributed by atoms with Gasteiger partial charge in [0, 0.05) is 37.7 Å². The average Bonchev–Trinajstić information content (AvgIpc) is 3.46. The number of anilines is 2. The van der Waals surface area contributed by atoms with Crippen LogP contribution in [0.15, 0.2) is 60.8 Å². The van der Waals surface area contributed by atoms with Gasteiger partial charge in [0.15, 0.2) is 0 Å². The molecule has 4 aliphatic carbocycles. The summed E-state index contributed by atoms with van der Waals surface area (Å²) in [7, 11) is 0. The maximum atomic E-state index is 13.3. The Bertz CT molecular complexity index is 1690. The highest BCUT2D eigenvalue weighted by atomic mass is 19.4. The Morgan fingerprint density at radius 1 is 1.04 bits per heavy atom. The summed E-state index contributed by atoms with van der Waals surface area (Å²) >= 11 is 0. The lowest BCUT2D eigenvalue weighted by atomic mass is 9.47. The maximum absolute atomic E-state index is 13.3. The fraction of sp³-hybridized carbons (Fsp3) is 0.500. The number of para-hydroxylation sites is 1. The number of nitriles is 1. The van der Waals surface area contributed by atoms with Crippen LogP contribution in [0.4, 0.5) is 24.9 Å². The molecule has 3 N–H and O–H groups in total. The molecule has 2 heterocycles. The van der Waals surface area contributed by atoms with Gasteiger partial charge in [-0.25, -0.2) is 4.98 Å². The third-order valence-corrected chi connectivity index (χ3v) is 10.7. The molecular formula is C36H39F3N6O4. The average molecular weight is 677 g/mol. The lowest BCUT2D eigenvalue weighted by molar-refractivity contribution is -0.274. The second kappa shape index (κ2) is 13.5. The number of carbonyl (C=O) groups excluding carboxylic acids is 1. The van der Waals surface area contributed by atoms with E-state index in [0.717, 1.165) is 37.7 Å². The van der Waals surface area contributed by atoms with Gasteiger partial charge in [-0.15, -0.1) is 13.2 Å². The van der Waals surface area contributed by atoms with Gasteiger partial charge in [-0.05, 0) is 66.9 Å². The molecule has 1 saturated heterocycles. The predicted molar refractivity (Wildman–Crippen MR) is 173 cm³/mol. The number of nitrogens with zero attached hydrogens (tertiary/aromatic N) is 4. The molecule has 10 nitrogen and oxygen atoms in total. The number of nitrogens with one attached hydrogen (secondary N) is 2. The quantitative estimate of drug-likeness (QED) is 0.219. The van der Waals surface area contributed by atoms with Gasteiger partial charge in [-0.1, -0.05) is 48.5 Å². The third-order valence-electron chi connectivity index (χ3n) is 10.7. The summed E-state index contributed by atoms with van der Waals surface area (Å²) in [4.78, 5) is 24.3. The van der Waals surface area contributed by atoms with Gasteiger partial charge < -0.3 is 25.2 Å². The van der Waals surface area contributed by atoms with Crippen molar-refractivity contribution < 1.29 is 32.5 Å². The van der Waals surface area contributed by atoms with Crippen LogP contribution in [0.3, 0.4) is 0 Å². The number of β-amino-alcohol motifs (C(OH)–C–C–N with tert-alkyl or cyclic N) is 1. The van der Waals surface area contributed by atoms with Crippen molar-refractivity contribution in [1.82, 2.24) is 14.9 Å². The first-order chi connectivity index (χ1) is 23.6. The second-order valence-electron chi connectivity index (χ2n) is 14.1. The monoisotopic (exact) mass is 676 g/mol. The Hall–Kier alpha value is -4.41. The molecule has 7 atom stereocenters. The van der Waals surface area contributed by atoms with Crippen molar-refractivity contribution in [1.29, 1.82) is 5.26 Å². The van der Waals surface area contributed by atoms with Gasteiger partial charge in [-0.2, -0.15) is 10.2 Å². The molecule has 1 aromatic heterocycles. The molecular weight excluding hydrogens is 637 g/mol. The number of alkyl halides is 3. The lowest BCUT2D eigenvalue weighted by Gasteiger charge is -2.62. The zero-order valence-electron chi connectivity index (χ0n) is 26.9. The number of rotatable bonds is 11. The highest BCUT2D eigenvalue weighted by molar-refractivity contribution is 5.76. The van der Waals surface area contributed by atoms with Gasteiger partial charge in [0.05, 0.1) is 12.3 Å². The zero-order chi connectivity index (χ0) is 34.2. The molecule has 4 saturated carbocycles. The maximum Gasteiger partial charge on any atom is 0.573 e. The second-order valence-corrected chi connectivity index (χ2v) is 14.1. The molecule has 1 aliphatic heterocycles. The number of aliphatic hydroxyl groups excluding tert-OH is 1. The minimum atomic E-state index is -4.82. The highest BCUT2D eigenvalue weighted by Gasteiger charge is 2.58. The van der Waals surface area contributed by atoms with E-state index < -0.39 is 18.5 Å². The number of hydrogen-bond acceptors (Lipinski definition) is 10. The van der Waals surface area contributed by atoms with Crippen molar-refractivity contribution in [2.24, 2.45) is 23.2 Å². The first-order valence-electron chi connectivity index (χ1n) is 16.8. The highest BCUT2D eigenvalue weighted by Crippen LogP contribution is 2.61. The summed E-state index contributed by atoms with van der Waals surface area (Å²) in [5.74, 6) is 1.28. The first-order valence-corrected chi connectivity index (χ1v) is 16.8. The standard InChI is InChI=1S/C36H39F3N6O4/c37-36(38,39)49-30-9-5-4-8-24(30)17-41-34-42-18-27(16-40)32(44-34)43-21-35-13-23-10-25(14-35)31(26(11-23)15-35)45-19-28(46)12-29(45)33(47)48-20-22-6-2-1-3-7-22/h1-9,18,23,25-26,28-29,31,46H,10-15,17,19-21H2,(H2,41,42,43,44)/t23?,25-,26+,28-,29-,31?,35?/m1/s1. The summed E-state index contributed by atoms with van der Waals surface area (Å²) < 4.78 is 48.5. The van der Waals surface area contributed by atoms with Crippen LogP contribution in [-0.2, 0) is 22.7 Å². The summed E-state index contributed by atoms with van der Waals surface area (Å²) in [5.41, 5.74) is 1.48. The molecule has 2 aromatic carbocycles. The molecule has 0 radical (unpaired) electrons. The minimum absolute atomic E-state index is 0.00615. The van der Waals surface area contributed by atoms with E-state index in [4.69, 9.17) is 4.74 Å². The summed E-state index contributed by atoms with van der Waals surface area (Å²) in [6.07, 6.45) is 1.56. The van der Waals surface area contributed by atoms with Crippen LogP contribution in [0.1, 0.15) is 55.2 Å². The smallest absolute Gasteiger partial charge is 0.460 e. The van der Waals surface area contributed by atoms with Gasteiger partial charge in [0.2, 0.25) is 5.95 Å². The fourth-order valence-electron chi connectivity index (χ4n) is 9.15. The van der Waals surface area contributed by atoms with E-state index >= 15 is 0 Å². The molecule has 3 aromatic rings. The van der Waals surface area contributed by atoms with Crippen LogP contribution in [0.2, 0.25) is 0 Å².